The fraction of sp³-hybridized carbons (Fsp3) is 0.0833. The Hall–Kier alpha value is -4.46. The molecule has 0 atom stereocenters. The molecule has 32 heavy (non-hydrogen) atoms. The summed E-state index contributed by atoms with van der Waals surface area (Å²) in [7, 11) is 0. The molecule has 0 aliphatic carbocycles. The van der Waals surface area contributed by atoms with Crippen molar-refractivity contribution in [3.8, 4) is 16.9 Å². The first-order chi connectivity index (χ1) is 15.6. The maximum Gasteiger partial charge on any atom is 0.287 e. The van der Waals surface area contributed by atoms with Gasteiger partial charge in [-0.15, -0.1) is 0 Å². The highest BCUT2D eigenvalue weighted by molar-refractivity contribution is 5.96. The van der Waals surface area contributed by atoms with Crippen molar-refractivity contribution in [1.82, 2.24) is 15.3 Å². The van der Waals surface area contributed by atoms with Crippen LogP contribution in [0.1, 0.15) is 16.2 Å². The minimum absolute atomic E-state index is 0.0128. The summed E-state index contributed by atoms with van der Waals surface area (Å²) in [6, 6.07) is 20.1. The molecule has 158 valence electrons. The Morgan fingerprint density at radius 3 is 2.75 bits per heavy atom. The average Bonchev–Trinajstić information content (AvgIpc) is 2.82. The number of aromatic nitrogens is 2. The van der Waals surface area contributed by atoms with E-state index in [0.29, 0.717) is 22.3 Å². The van der Waals surface area contributed by atoms with Gasteiger partial charge in [0.25, 0.3) is 17.4 Å². The van der Waals surface area contributed by atoms with E-state index in [4.69, 9.17) is 4.74 Å². The highest BCUT2D eigenvalue weighted by Gasteiger charge is 2.16. The standard InChI is InChI=1S/C24H18N4O4/c29-21-13-32-20-9-8-16(11-19(20)26-21)15-5-3-4-14(10-15)12-25-24(31)22-27-18-7-2-1-6-17(18)23(30)28-22/h1-11H,12-13H2,(H,25,31)(H,26,29)(H,27,28,30). The number of fused-ring (bicyclic) bond motifs is 2. The van der Waals surface area contributed by atoms with Crippen molar-refractivity contribution in [2.45, 2.75) is 6.54 Å². The van der Waals surface area contributed by atoms with E-state index in [2.05, 4.69) is 20.6 Å². The second-order valence-corrected chi connectivity index (χ2v) is 7.36. The normalized spacial score (nSPS) is 12.6. The van der Waals surface area contributed by atoms with Crippen LogP contribution in [-0.4, -0.2) is 28.4 Å². The second-order valence-electron chi connectivity index (χ2n) is 7.36. The molecule has 3 aromatic carbocycles. The molecule has 0 saturated heterocycles. The Morgan fingerprint density at radius 1 is 1.00 bits per heavy atom. The molecule has 2 heterocycles. The van der Waals surface area contributed by atoms with Crippen LogP contribution in [0.15, 0.2) is 71.5 Å². The summed E-state index contributed by atoms with van der Waals surface area (Å²) in [4.78, 5) is 43.1. The fourth-order valence-electron chi connectivity index (χ4n) is 3.58. The monoisotopic (exact) mass is 426 g/mol. The molecule has 0 spiro atoms. The number of carbonyl (C=O) groups is 2. The smallest absolute Gasteiger partial charge is 0.287 e. The van der Waals surface area contributed by atoms with E-state index in [9.17, 15) is 14.4 Å². The Labute approximate surface area is 182 Å². The zero-order valence-corrected chi connectivity index (χ0v) is 16.8. The molecule has 1 aliphatic rings. The van der Waals surface area contributed by atoms with Gasteiger partial charge in [0.15, 0.2) is 12.4 Å². The van der Waals surface area contributed by atoms with Gasteiger partial charge in [-0.3, -0.25) is 14.4 Å². The van der Waals surface area contributed by atoms with Crippen LogP contribution in [0.5, 0.6) is 5.75 Å². The number of ether oxygens (including phenoxy) is 1. The number of nitrogens with zero attached hydrogens (tertiary/aromatic N) is 1. The second kappa shape index (κ2) is 7.99. The number of hydrogen-bond acceptors (Lipinski definition) is 5. The lowest BCUT2D eigenvalue weighted by Gasteiger charge is -2.18. The Bertz CT molecular complexity index is 1430. The number of hydrogen-bond donors (Lipinski definition) is 3. The summed E-state index contributed by atoms with van der Waals surface area (Å²) in [5, 5.41) is 6.03. The molecular weight excluding hydrogens is 408 g/mol. The molecule has 5 rings (SSSR count). The minimum atomic E-state index is -0.466. The molecule has 0 fully saturated rings. The van der Waals surface area contributed by atoms with Crippen LogP contribution < -0.4 is 20.9 Å². The van der Waals surface area contributed by atoms with Crippen molar-refractivity contribution in [3.05, 3.63) is 88.5 Å². The predicted molar refractivity (Wildman–Crippen MR) is 120 cm³/mol. The number of nitrogens with one attached hydrogen (secondary N) is 3. The third kappa shape index (κ3) is 3.81. The zero-order chi connectivity index (χ0) is 22.1. The molecular formula is C24H18N4O4. The third-order valence-electron chi connectivity index (χ3n) is 5.15. The van der Waals surface area contributed by atoms with Gasteiger partial charge in [-0.05, 0) is 47.0 Å². The predicted octanol–water partition coefficient (Wildman–Crippen LogP) is 2.85. The highest BCUT2D eigenvalue weighted by Crippen LogP contribution is 2.32. The van der Waals surface area contributed by atoms with Crippen molar-refractivity contribution in [3.63, 3.8) is 0 Å². The summed E-state index contributed by atoms with van der Waals surface area (Å²) >= 11 is 0. The van der Waals surface area contributed by atoms with Crippen LogP contribution in [0.25, 0.3) is 22.0 Å². The molecule has 0 radical (unpaired) electrons. The van der Waals surface area contributed by atoms with Gasteiger partial charge in [-0.1, -0.05) is 36.4 Å². The molecule has 0 bridgehead atoms. The highest BCUT2D eigenvalue weighted by atomic mass is 16.5. The largest absolute Gasteiger partial charge is 0.482 e. The summed E-state index contributed by atoms with van der Waals surface area (Å²) in [6.45, 7) is 0.271. The Morgan fingerprint density at radius 2 is 1.84 bits per heavy atom. The van der Waals surface area contributed by atoms with E-state index in [1.165, 1.54) is 0 Å². The molecule has 0 unspecified atom stereocenters. The number of H-pyrrole nitrogens is 1. The maximum atomic E-state index is 12.6. The van der Waals surface area contributed by atoms with E-state index < -0.39 is 5.91 Å². The summed E-state index contributed by atoms with van der Waals surface area (Å²) in [5.41, 5.74) is 3.44. The summed E-state index contributed by atoms with van der Waals surface area (Å²) < 4.78 is 5.40. The van der Waals surface area contributed by atoms with Crippen LogP contribution >= 0.6 is 0 Å². The summed E-state index contributed by atoms with van der Waals surface area (Å²) in [5.74, 6) is -0.0534. The van der Waals surface area contributed by atoms with E-state index in [1.807, 2.05) is 42.5 Å². The van der Waals surface area contributed by atoms with E-state index in [1.54, 1.807) is 24.3 Å². The number of benzene rings is 3. The lowest BCUT2D eigenvalue weighted by atomic mass is 10.0. The average molecular weight is 426 g/mol. The van der Waals surface area contributed by atoms with E-state index in [0.717, 1.165) is 16.7 Å². The number of aromatic amines is 1. The van der Waals surface area contributed by atoms with Crippen LogP contribution in [0, 0.1) is 0 Å². The fourth-order valence-corrected chi connectivity index (χ4v) is 3.58. The Balaban J connectivity index is 1.34. The van der Waals surface area contributed by atoms with Gasteiger partial charge in [0, 0.05) is 6.54 Å². The first-order valence-electron chi connectivity index (χ1n) is 10.00. The lowest BCUT2D eigenvalue weighted by molar-refractivity contribution is -0.118. The Kier molecular flexibility index (Phi) is 4.87. The van der Waals surface area contributed by atoms with Crippen LogP contribution in [0.2, 0.25) is 0 Å². The first-order valence-corrected chi connectivity index (χ1v) is 10.00. The van der Waals surface area contributed by atoms with Crippen molar-refractivity contribution in [2.24, 2.45) is 0 Å². The number of anilines is 1. The van der Waals surface area contributed by atoms with Gasteiger partial charge in [0.1, 0.15) is 5.75 Å². The molecule has 0 saturated carbocycles. The molecule has 3 N–H and O–H groups in total. The maximum absolute atomic E-state index is 12.6. The van der Waals surface area contributed by atoms with Gasteiger partial charge in [-0.25, -0.2) is 4.98 Å². The minimum Gasteiger partial charge on any atom is -0.482 e. The SMILES string of the molecule is O=C1COc2ccc(-c3cccc(CNC(=O)c4nc5ccccc5c(=O)[nH]4)c3)cc2N1. The molecule has 1 aliphatic heterocycles. The topological polar surface area (TPSA) is 113 Å². The molecule has 1 aromatic heterocycles. The molecule has 8 heteroatoms. The van der Waals surface area contributed by atoms with Crippen LogP contribution in [0.4, 0.5) is 5.69 Å². The van der Waals surface area contributed by atoms with Crippen molar-refractivity contribution in [2.75, 3.05) is 11.9 Å². The van der Waals surface area contributed by atoms with Gasteiger partial charge in [0.2, 0.25) is 0 Å². The first kappa shape index (κ1) is 19.5. The molecule has 2 amide bonds. The number of amides is 2. The van der Waals surface area contributed by atoms with E-state index in [-0.39, 0.29) is 30.4 Å². The van der Waals surface area contributed by atoms with Crippen LogP contribution in [0.3, 0.4) is 0 Å². The number of para-hydroxylation sites is 1. The number of rotatable bonds is 4. The van der Waals surface area contributed by atoms with Gasteiger partial charge in [0.05, 0.1) is 16.6 Å². The lowest BCUT2D eigenvalue weighted by Crippen LogP contribution is -2.27. The van der Waals surface area contributed by atoms with Gasteiger partial charge < -0.3 is 20.4 Å². The summed E-state index contributed by atoms with van der Waals surface area (Å²) in [6.07, 6.45) is 0. The van der Waals surface area contributed by atoms with Crippen molar-refractivity contribution < 1.29 is 14.3 Å². The molecule has 4 aromatic rings. The molecule has 8 nitrogen and oxygen atoms in total. The van der Waals surface area contributed by atoms with Gasteiger partial charge >= 0.3 is 0 Å². The number of carbonyl (C=O) groups excluding carboxylic acids is 2. The third-order valence-corrected chi connectivity index (χ3v) is 5.15. The quantitative estimate of drug-likeness (QED) is 0.464. The van der Waals surface area contributed by atoms with Crippen LogP contribution in [-0.2, 0) is 11.3 Å². The van der Waals surface area contributed by atoms with Crippen molar-refractivity contribution >= 4 is 28.4 Å². The zero-order valence-electron chi connectivity index (χ0n) is 16.8. The van der Waals surface area contributed by atoms with Crippen molar-refractivity contribution in [1.29, 1.82) is 0 Å². The van der Waals surface area contributed by atoms with E-state index >= 15 is 0 Å². The van der Waals surface area contributed by atoms with Gasteiger partial charge in [-0.2, -0.15) is 0 Å².